The molecule has 0 aromatic heterocycles. The highest BCUT2D eigenvalue weighted by molar-refractivity contribution is 5.32. The average molecular weight is 288 g/mol. The highest BCUT2D eigenvalue weighted by Crippen LogP contribution is 2.41. The van der Waals surface area contributed by atoms with Crippen molar-refractivity contribution in [2.75, 3.05) is 26.7 Å². The maximum absolute atomic E-state index is 6.08. The maximum atomic E-state index is 6.08. The number of hydrogen-bond donors (Lipinski definition) is 1. The Bertz CT molecular complexity index is 468. The Morgan fingerprint density at radius 1 is 1.29 bits per heavy atom. The van der Waals surface area contributed by atoms with Crippen LogP contribution in [-0.2, 0) is 4.74 Å². The molecule has 21 heavy (non-hydrogen) atoms. The van der Waals surface area contributed by atoms with Crippen LogP contribution in [0.15, 0.2) is 24.3 Å². The fourth-order valence-corrected chi connectivity index (χ4v) is 3.52. The lowest BCUT2D eigenvalue weighted by Crippen LogP contribution is -2.51. The van der Waals surface area contributed by atoms with Crippen LogP contribution in [0.4, 0.5) is 0 Å². The predicted octanol–water partition coefficient (Wildman–Crippen LogP) is 2.93. The Balaban J connectivity index is 1.90. The summed E-state index contributed by atoms with van der Waals surface area (Å²) < 4.78 is 6.08. The highest BCUT2D eigenvalue weighted by Gasteiger charge is 2.35. The van der Waals surface area contributed by atoms with Crippen LogP contribution < -0.4 is 5.32 Å². The predicted molar refractivity (Wildman–Crippen MR) is 86.7 cm³/mol. The van der Waals surface area contributed by atoms with Gasteiger partial charge in [0.15, 0.2) is 0 Å². The molecule has 1 heterocycles. The number of ether oxygens (including phenoxy) is 1. The first kappa shape index (κ1) is 15.0. The Morgan fingerprint density at radius 2 is 2.05 bits per heavy atom. The second kappa shape index (κ2) is 6.47. The molecule has 0 bridgehead atoms. The average Bonchev–Trinajstić information content (AvgIpc) is 3.32. The summed E-state index contributed by atoms with van der Waals surface area (Å²) in [6.45, 7) is 7.35. The van der Waals surface area contributed by atoms with E-state index in [4.69, 9.17) is 4.74 Å². The quantitative estimate of drug-likeness (QED) is 0.901. The number of hydrogen-bond acceptors (Lipinski definition) is 3. The van der Waals surface area contributed by atoms with Crippen LogP contribution in [0.2, 0.25) is 0 Å². The zero-order valence-corrected chi connectivity index (χ0v) is 13.5. The van der Waals surface area contributed by atoms with Crippen molar-refractivity contribution in [3.05, 3.63) is 35.4 Å². The third kappa shape index (κ3) is 3.31. The van der Waals surface area contributed by atoms with E-state index >= 15 is 0 Å². The lowest BCUT2D eigenvalue weighted by molar-refractivity contribution is -0.0815. The van der Waals surface area contributed by atoms with E-state index in [1.807, 2.05) is 7.05 Å². The monoisotopic (exact) mass is 288 g/mol. The Hall–Kier alpha value is -0.900. The van der Waals surface area contributed by atoms with Gasteiger partial charge >= 0.3 is 0 Å². The molecule has 0 radical (unpaired) electrons. The van der Waals surface area contributed by atoms with Crippen LogP contribution in [-0.4, -0.2) is 43.8 Å². The molecule has 3 heteroatoms. The summed E-state index contributed by atoms with van der Waals surface area (Å²) >= 11 is 0. The molecule has 2 atom stereocenters. The summed E-state index contributed by atoms with van der Waals surface area (Å²) in [7, 11) is 2.01. The van der Waals surface area contributed by atoms with Gasteiger partial charge in [-0.05, 0) is 50.8 Å². The van der Waals surface area contributed by atoms with Gasteiger partial charge in [-0.15, -0.1) is 0 Å². The number of benzene rings is 1. The van der Waals surface area contributed by atoms with Crippen LogP contribution in [0.5, 0.6) is 0 Å². The molecular formula is C18H28N2O. The van der Waals surface area contributed by atoms with E-state index in [9.17, 15) is 0 Å². The number of morpholine rings is 1. The van der Waals surface area contributed by atoms with Crippen LogP contribution in [0.3, 0.4) is 0 Å². The molecule has 2 unspecified atom stereocenters. The van der Waals surface area contributed by atoms with E-state index in [-0.39, 0.29) is 6.10 Å². The van der Waals surface area contributed by atoms with Crippen LogP contribution in [0.1, 0.15) is 49.8 Å². The summed E-state index contributed by atoms with van der Waals surface area (Å²) in [5.41, 5.74) is 2.94. The van der Waals surface area contributed by atoms with E-state index in [0.29, 0.717) is 12.1 Å². The van der Waals surface area contributed by atoms with Crippen LogP contribution in [0, 0.1) is 0 Å². The minimum Gasteiger partial charge on any atom is -0.374 e. The summed E-state index contributed by atoms with van der Waals surface area (Å²) in [5.74, 6) is 0.810. The van der Waals surface area contributed by atoms with Gasteiger partial charge in [-0.25, -0.2) is 0 Å². The number of nitrogens with zero attached hydrogens (tertiary/aromatic N) is 1. The van der Waals surface area contributed by atoms with Gasteiger partial charge in [0.2, 0.25) is 0 Å². The maximum Gasteiger partial charge on any atom is 0.0896 e. The van der Waals surface area contributed by atoms with Crippen molar-refractivity contribution in [2.45, 2.75) is 50.8 Å². The van der Waals surface area contributed by atoms with Crippen molar-refractivity contribution in [3.63, 3.8) is 0 Å². The lowest BCUT2D eigenvalue weighted by Gasteiger charge is -2.44. The molecule has 3 rings (SSSR count). The minimum absolute atomic E-state index is 0.237. The lowest BCUT2D eigenvalue weighted by atomic mass is 9.94. The topological polar surface area (TPSA) is 24.5 Å². The van der Waals surface area contributed by atoms with Crippen molar-refractivity contribution >= 4 is 0 Å². The molecule has 2 aliphatic rings. The Kier molecular flexibility index (Phi) is 4.63. The smallest absolute Gasteiger partial charge is 0.0896 e. The van der Waals surface area contributed by atoms with Gasteiger partial charge in [0.25, 0.3) is 0 Å². The van der Waals surface area contributed by atoms with E-state index in [2.05, 4.69) is 48.3 Å². The molecule has 2 fully saturated rings. The molecule has 3 nitrogen and oxygen atoms in total. The molecule has 1 saturated heterocycles. The van der Waals surface area contributed by atoms with Gasteiger partial charge in [0.05, 0.1) is 18.8 Å². The third-order valence-corrected chi connectivity index (χ3v) is 4.76. The molecule has 1 aliphatic heterocycles. The van der Waals surface area contributed by atoms with Crippen molar-refractivity contribution in [1.82, 2.24) is 10.2 Å². The van der Waals surface area contributed by atoms with E-state index in [1.54, 1.807) is 0 Å². The Morgan fingerprint density at radius 3 is 2.71 bits per heavy atom. The zero-order chi connectivity index (χ0) is 14.8. The summed E-state index contributed by atoms with van der Waals surface area (Å²) in [6.07, 6.45) is 2.96. The van der Waals surface area contributed by atoms with Crippen LogP contribution in [0.25, 0.3) is 0 Å². The molecule has 1 aromatic carbocycles. The summed E-state index contributed by atoms with van der Waals surface area (Å²) in [4.78, 5) is 2.59. The van der Waals surface area contributed by atoms with E-state index < -0.39 is 0 Å². The number of nitrogens with one attached hydrogen (secondary N) is 1. The van der Waals surface area contributed by atoms with Gasteiger partial charge in [-0.1, -0.05) is 24.3 Å². The first-order chi connectivity index (χ1) is 10.2. The minimum atomic E-state index is 0.237. The van der Waals surface area contributed by atoms with Gasteiger partial charge in [-0.2, -0.15) is 0 Å². The van der Waals surface area contributed by atoms with Crippen molar-refractivity contribution in [1.29, 1.82) is 0 Å². The SMILES string of the molecule is CNCC1OCCN(C(C)C)C1c1cccc(C2CC2)c1. The molecule has 0 spiro atoms. The molecular weight excluding hydrogens is 260 g/mol. The molecule has 116 valence electrons. The number of likely N-dealkylation sites (N-methyl/N-ethyl adjacent to an activating group) is 1. The standard InChI is InChI=1S/C18H28N2O/c1-13(2)20-9-10-21-17(12-19-3)18(20)16-6-4-5-15(11-16)14-7-8-14/h4-6,11,13-14,17-19H,7-10,12H2,1-3H3. The van der Waals surface area contributed by atoms with Gasteiger partial charge in [0.1, 0.15) is 0 Å². The van der Waals surface area contributed by atoms with Gasteiger partial charge < -0.3 is 10.1 Å². The molecule has 1 saturated carbocycles. The van der Waals surface area contributed by atoms with Gasteiger partial charge in [0, 0.05) is 19.1 Å². The van der Waals surface area contributed by atoms with Crippen molar-refractivity contribution < 1.29 is 4.74 Å². The van der Waals surface area contributed by atoms with Crippen LogP contribution >= 0.6 is 0 Å². The second-order valence-electron chi connectivity index (χ2n) is 6.69. The normalized spacial score (nSPS) is 27.2. The Labute approximate surface area is 128 Å². The highest BCUT2D eigenvalue weighted by atomic mass is 16.5. The third-order valence-electron chi connectivity index (χ3n) is 4.76. The van der Waals surface area contributed by atoms with E-state index in [0.717, 1.165) is 25.6 Å². The first-order valence-corrected chi connectivity index (χ1v) is 8.32. The summed E-state index contributed by atoms with van der Waals surface area (Å²) in [5, 5.41) is 3.29. The van der Waals surface area contributed by atoms with Gasteiger partial charge in [-0.3, -0.25) is 4.90 Å². The first-order valence-electron chi connectivity index (χ1n) is 8.32. The van der Waals surface area contributed by atoms with Crippen molar-refractivity contribution in [3.8, 4) is 0 Å². The van der Waals surface area contributed by atoms with E-state index in [1.165, 1.54) is 24.0 Å². The largest absolute Gasteiger partial charge is 0.374 e. The molecule has 1 aromatic rings. The summed E-state index contributed by atoms with van der Waals surface area (Å²) in [6, 6.07) is 10.1. The fourth-order valence-electron chi connectivity index (χ4n) is 3.52. The second-order valence-corrected chi connectivity index (χ2v) is 6.69. The fraction of sp³-hybridized carbons (Fsp3) is 0.667. The molecule has 0 amide bonds. The molecule has 1 N–H and O–H groups in total. The van der Waals surface area contributed by atoms with Crippen molar-refractivity contribution in [2.24, 2.45) is 0 Å². The number of rotatable bonds is 5. The molecule has 1 aliphatic carbocycles. The zero-order valence-electron chi connectivity index (χ0n) is 13.5.